The van der Waals surface area contributed by atoms with E-state index in [0.717, 1.165) is 6.07 Å². The number of hydrogen-bond donors (Lipinski definition) is 2. The molecule has 2 aromatic carbocycles. The number of carbonyl (C=O) groups is 2. The molecular weight excluding hydrogens is 295 g/mol. The van der Waals surface area contributed by atoms with Crippen molar-refractivity contribution >= 4 is 34.8 Å². The summed E-state index contributed by atoms with van der Waals surface area (Å²) in [6, 6.07) is 9.53. The molecule has 21 heavy (non-hydrogen) atoms. The molecule has 0 heterocycles. The molecule has 0 aliphatic heterocycles. The van der Waals surface area contributed by atoms with Gasteiger partial charge in [-0.15, -0.1) is 0 Å². The largest absolute Gasteiger partial charge is 0.323 e. The lowest BCUT2D eigenvalue weighted by atomic mass is 10.1. The highest BCUT2D eigenvalue weighted by atomic mass is 35.5. The second-order valence-corrected chi connectivity index (χ2v) is 4.74. The van der Waals surface area contributed by atoms with Crippen LogP contribution in [0.25, 0.3) is 0 Å². The Morgan fingerprint density at radius 3 is 2.33 bits per heavy atom. The van der Waals surface area contributed by atoms with Gasteiger partial charge in [-0.1, -0.05) is 11.6 Å². The first kappa shape index (κ1) is 15.0. The van der Waals surface area contributed by atoms with E-state index in [1.807, 2.05) is 0 Å². The van der Waals surface area contributed by atoms with Crippen LogP contribution in [0.3, 0.4) is 0 Å². The van der Waals surface area contributed by atoms with Crippen LogP contribution in [-0.2, 0) is 0 Å². The normalized spacial score (nSPS) is 10.0. The van der Waals surface area contributed by atoms with E-state index in [9.17, 15) is 14.0 Å². The van der Waals surface area contributed by atoms with Crippen molar-refractivity contribution in [2.45, 2.75) is 6.92 Å². The van der Waals surface area contributed by atoms with Gasteiger partial charge in [0.1, 0.15) is 5.82 Å². The molecule has 0 spiro atoms. The van der Waals surface area contributed by atoms with Gasteiger partial charge in [-0.05, 0) is 49.4 Å². The molecule has 4 nitrogen and oxygen atoms in total. The highest BCUT2D eigenvalue weighted by molar-refractivity contribution is 6.33. The van der Waals surface area contributed by atoms with Crippen LogP contribution in [0, 0.1) is 5.82 Å². The second-order valence-electron chi connectivity index (χ2n) is 4.34. The average molecular weight is 307 g/mol. The quantitative estimate of drug-likeness (QED) is 0.829. The van der Waals surface area contributed by atoms with Crippen molar-refractivity contribution in [2.75, 3.05) is 10.6 Å². The van der Waals surface area contributed by atoms with E-state index in [1.54, 1.807) is 24.3 Å². The Morgan fingerprint density at radius 2 is 1.71 bits per heavy atom. The summed E-state index contributed by atoms with van der Waals surface area (Å²) in [6.45, 7) is 1.46. The van der Waals surface area contributed by atoms with E-state index in [0.29, 0.717) is 11.3 Å². The molecule has 2 rings (SSSR count). The topological polar surface area (TPSA) is 58.2 Å². The average Bonchev–Trinajstić information content (AvgIpc) is 2.43. The highest BCUT2D eigenvalue weighted by Gasteiger charge is 2.07. The smallest absolute Gasteiger partial charge is 0.308 e. The molecule has 0 aliphatic rings. The predicted octanol–water partition coefficient (Wildman–Crippen LogP) is 4.33. The molecule has 0 radical (unpaired) electrons. The number of urea groups is 1. The summed E-state index contributed by atoms with van der Waals surface area (Å²) < 4.78 is 13.1. The van der Waals surface area contributed by atoms with Crippen molar-refractivity contribution in [3.05, 3.63) is 58.9 Å². The minimum absolute atomic E-state index is 0.0578. The first-order valence-corrected chi connectivity index (χ1v) is 6.47. The molecule has 0 fully saturated rings. The second kappa shape index (κ2) is 6.37. The summed E-state index contributed by atoms with van der Waals surface area (Å²) in [7, 11) is 0. The number of Topliss-reactive ketones (excluding diaryl/α,β-unsaturated/α-hetero) is 1. The number of benzene rings is 2. The van der Waals surface area contributed by atoms with Gasteiger partial charge in [0.2, 0.25) is 0 Å². The van der Waals surface area contributed by atoms with E-state index in [-0.39, 0.29) is 16.5 Å². The van der Waals surface area contributed by atoms with Gasteiger partial charge in [-0.2, -0.15) is 0 Å². The Balaban J connectivity index is 2.04. The third-order valence-corrected chi connectivity index (χ3v) is 3.06. The predicted molar refractivity (Wildman–Crippen MR) is 80.5 cm³/mol. The number of rotatable bonds is 3. The highest BCUT2D eigenvalue weighted by Crippen LogP contribution is 2.22. The van der Waals surface area contributed by atoms with Crippen LogP contribution < -0.4 is 10.6 Å². The molecule has 0 atom stereocenters. The lowest BCUT2D eigenvalue weighted by Gasteiger charge is -2.09. The minimum atomic E-state index is -0.557. The Bertz CT molecular complexity index is 687. The van der Waals surface area contributed by atoms with Crippen molar-refractivity contribution in [2.24, 2.45) is 0 Å². The molecule has 6 heteroatoms. The van der Waals surface area contributed by atoms with Gasteiger partial charge in [-0.25, -0.2) is 9.18 Å². The maximum atomic E-state index is 13.1. The van der Waals surface area contributed by atoms with Crippen LogP contribution >= 0.6 is 11.6 Å². The first-order valence-electron chi connectivity index (χ1n) is 6.10. The summed E-state index contributed by atoms with van der Waals surface area (Å²) in [6.07, 6.45) is 0. The van der Waals surface area contributed by atoms with Gasteiger partial charge in [0, 0.05) is 11.3 Å². The van der Waals surface area contributed by atoms with Crippen LogP contribution in [-0.4, -0.2) is 11.8 Å². The van der Waals surface area contributed by atoms with Crippen molar-refractivity contribution < 1.29 is 14.0 Å². The van der Waals surface area contributed by atoms with E-state index in [1.165, 1.54) is 19.1 Å². The Hall–Kier alpha value is -2.40. The summed E-state index contributed by atoms with van der Waals surface area (Å²) in [5, 5.41) is 5.24. The summed E-state index contributed by atoms with van der Waals surface area (Å²) in [5.74, 6) is -0.557. The SMILES string of the molecule is CC(=O)c1ccc(NC(=O)Nc2cc(F)ccc2Cl)cc1. The fourth-order valence-electron chi connectivity index (χ4n) is 1.67. The maximum Gasteiger partial charge on any atom is 0.323 e. The molecular formula is C15H12ClFN2O2. The van der Waals surface area contributed by atoms with Crippen LogP contribution in [0.2, 0.25) is 5.02 Å². The summed E-state index contributed by atoms with van der Waals surface area (Å²) in [5.41, 5.74) is 1.23. The van der Waals surface area contributed by atoms with Crippen molar-refractivity contribution in [1.82, 2.24) is 0 Å². The molecule has 2 N–H and O–H groups in total. The zero-order chi connectivity index (χ0) is 15.4. The molecule has 2 amide bonds. The monoisotopic (exact) mass is 306 g/mol. The molecule has 0 saturated carbocycles. The van der Waals surface area contributed by atoms with Gasteiger partial charge < -0.3 is 10.6 Å². The molecule has 0 saturated heterocycles. The number of halogens is 2. The first-order chi connectivity index (χ1) is 9.95. The maximum absolute atomic E-state index is 13.1. The van der Waals surface area contributed by atoms with Gasteiger partial charge >= 0.3 is 6.03 Å². The standard InChI is InChI=1S/C15H12ClFN2O2/c1-9(20)10-2-5-12(6-3-10)18-15(21)19-14-8-11(17)4-7-13(14)16/h2-8H,1H3,(H2,18,19,21). The number of ketones is 1. The van der Waals surface area contributed by atoms with Crippen molar-refractivity contribution in [3.63, 3.8) is 0 Å². The Labute approximate surface area is 125 Å². The fraction of sp³-hybridized carbons (Fsp3) is 0.0667. The van der Waals surface area contributed by atoms with Gasteiger partial charge in [-0.3, -0.25) is 4.79 Å². The third kappa shape index (κ3) is 4.03. The van der Waals surface area contributed by atoms with Gasteiger partial charge in [0.25, 0.3) is 0 Å². The van der Waals surface area contributed by atoms with Gasteiger partial charge in [0.15, 0.2) is 5.78 Å². The minimum Gasteiger partial charge on any atom is -0.308 e. The fourth-order valence-corrected chi connectivity index (χ4v) is 1.83. The molecule has 0 aliphatic carbocycles. The lowest BCUT2D eigenvalue weighted by molar-refractivity contribution is 0.101. The molecule has 0 aromatic heterocycles. The number of anilines is 2. The van der Waals surface area contributed by atoms with Crippen molar-refractivity contribution in [3.8, 4) is 0 Å². The Morgan fingerprint density at radius 1 is 1.05 bits per heavy atom. The zero-order valence-electron chi connectivity index (χ0n) is 11.1. The summed E-state index contributed by atoms with van der Waals surface area (Å²) >= 11 is 5.85. The number of carbonyl (C=O) groups excluding carboxylic acids is 2. The third-order valence-electron chi connectivity index (χ3n) is 2.73. The number of hydrogen-bond acceptors (Lipinski definition) is 2. The van der Waals surface area contributed by atoms with E-state index < -0.39 is 11.8 Å². The molecule has 0 bridgehead atoms. The van der Waals surface area contributed by atoms with Crippen molar-refractivity contribution in [1.29, 1.82) is 0 Å². The summed E-state index contributed by atoms with van der Waals surface area (Å²) in [4.78, 5) is 22.9. The van der Waals surface area contributed by atoms with Crippen LogP contribution in [0.1, 0.15) is 17.3 Å². The zero-order valence-corrected chi connectivity index (χ0v) is 11.9. The lowest BCUT2D eigenvalue weighted by Crippen LogP contribution is -2.19. The number of nitrogens with one attached hydrogen (secondary N) is 2. The molecule has 2 aromatic rings. The van der Waals surface area contributed by atoms with Gasteiger partial charge in [0.05, 0.1) is 10.7 Å². The Kier molecular flexibility index (Phi) is 4.55. The van der Waals surface area contributed by atoms with E-state index >= 15 is 0 Å². The van der Waals surface area contributed by atoms with Crippen LogP contribution in [0.4, 0.5) is 20.6 Å². The number of amides is 2. The van der Waals surface area contributed by atoms with E-state index in [2.05, 4.69) is 10.6 Å². The molecule has 108 valence electrons. The van der Waals surface area contributed by atoms with Crippen LogP contribution in [0.5, 0.6) is 0 Å². The molecule has 0 unspecified atom stereocenters. The van der Waals surface area contributed by atoms with E-state index in [4.69, 9.17) is 11.6 Å². The van der Waals surface area contributed by atoms with Crippen LogP contribution in [0.15, 0.2) is 42.5 Å².